The molecule has 1 saturated carbocycles. The lowest BCUT2D eigenvalue weighted by molar-refractivity contribution is 0.0273. The number of fused-ring (bicyclic) bond motifs is 1. The summed E-state index contributed by atoms with van der Waals surface area (Å²) in [4.78, 5) is 24.9. The Morgan fingerprint density at radius 1 is 1.21 bits per heavy atom. The smallest absolute Gasteiger partial charge is 0.253 e. The van der Waals surface area contributed by atoms with E-state index in [2.05, 4.69) is 32.4 Å². The molecule has 174 valence electrons. The molecule has 3 aromatic rings. The van der Waals surface area contributed by atoms with Gasteiger partial charge in [-0.25, -0.2) is 9.97 Å². The Morgan fingerprint density at radius 3 is 2.76 bits per heavy atom. The maximum Gasteiger partial charge on any atom is 0.253 e. The number of halogens is 1. The van der Waals surface area contributed by atoms with Crippen LogP contribution in [0.3, 0.4) is 0 Å². The van der Waals surface area contributed by atoms with E-state index in [1.807, 2.05) is 29.0 Å². The fraction of sp³-hybridized carbons (Fsp3) is 0.480. The molecule has 7 nitrogen and oxygen atoms in total. The fourth-order valence-electron chi connectivity index (χ4n) is 5.51. The molecule has 2 fully saturated rings. The van der Waals surface area contributed by atoms with Gasteiger partial charge in [-0.1, -0.05) is 36.9 Å². The number of hydrogen-bond acceptors (Lipinski definition) is 5. The molecule has 0 radical (unpaired) electrons. The van der Waals surface area contributed by atoms with Crippen LogP contribution in [-0.2, 0) is 0 Å². The molecular formula is C25H31ClN6O. The van der Waals surface area contributed by atoms with Gasteiger partial charge in [-0.2, -0.15) is 0 Å². The number of piperazine rings is 1. The van der Waals surface area contributed by atoms with E-state index in [4.69, 9.17) is 11.6 Å². The number of hydrogen-bond donors (Lipinski definition) is 2. The SMILES string of the molecule is C[C@@H]1CN(C2(CNC(=O)c3cn(-c4ncccn4)c4cccc(Cl)c34)CCCCC2)CCN1. The molecule has 1 aliphatic carbocycles. The summed E-state index contributed by atoms with van der Waals surface area (Å²) in [6, 6.07) is 7.89. The first-order valence-electron chi connectivity index (χ1n) is 11.9. The molecule has 1 aromatic carbocycles. The lowest BCUT2D eigenvalue weighted by Gasteiger charge is -2.49. The van der Waals surface area contributed by atoms with E-state index < -0.39 is 0 Å². The highest BCUT2D eigenvalue weighted by atomic mass is 35.5. The molecule has 2 aromatic heterocycles. The van der Waals surface area contributed by atoms with Crippen molar-refractivity contribution in [2.75, 3.05) is 26.2 Å². The summed E-state index contributed by atoms with van der Waals surface area (Å²) in [7, 11) is 0. The van der Waals surface area contributed by atoms with Crippen molar-refractivity contribution in [3.8, 4) is 5.95 Å². The van der Waals surface area contributed by atoms with Gasteiger partial charge >= 0.3 is 0 Å². The van der Waals surface area contributed by atoms with Gasteiger partial charge in [-0.3, -0.25) is 14.3 Å². The Balaban J connectivity index is 1.44. The normalized spacial score (nSPS) is 21.2. The molecule has 1 amide bonds. The largest absolute Gasteiger partial charge is 0.350 e. The number of carbonyl (C=O) groups is 1. The van der Waals surface area contributed by atoms with E-state index in [1.54, 1.807) is 18.5 Å². The highest BCUT2D eigenvalue weighted by Crippen LogP contribution is 2.35. The second-order valence-corrected chi connectivity index (χ2v) is 9.77. The van der Waals surface area contributed by atoms with Crippen LogP contribution in [0.5, 0.6) is 0 Å². The number of nitrogens with zero attached hydrogens (tertiary/aromatic N) is 4. The van der Waals surface area contributed by atoms with Crippen molar-refractivity contribution in [2.24, 2.45) is 0 Å². The second kappa shape index (κ2) is 9.41. The third kappa shape index (κ3) is 4.37. The molecule has 8 heteroatoms. The Bertz CT molecular complexity index is 1120. The molecule has 0 unspecified atom stereocenters. The maximum absolute atomic E-state index is 13.5. The maximum atomic E-state index is 13.5. The van der Waals surface area contributed by atoms with Crippen molar-refractivity contribution in [3.05, 3.63) is 53.4 Å². The van der Waals surface area contributed by atoms with Gasteiger partial charge in [-0.15, -0.1) is 0 Å². The quantitative estimate of drug-likeness (QED) is 0.598. The number of aromatic nitrogens is 3. The average molecular weight is 467 g/mol. The lowest BCUT2D eigenvalue weighted by Crippen LogP contribution is -2.63. The molecule has 1 atom stereocenters. The van der Waals surface area contributed by atoms with Crippen molar-refractivity contribution in [1.82, 2.24) is 30.1 Å². The Morgan fingerprint density at radius 2 is 2.00 bits per heavy atom. The Kier molecular flexibility index (Phi) is 6.36. The van der Waals surface area contributed by atoms with Gasteiger partial charge < -0.3 is 10.6 Å². The van der Waals surface area contributed by atoms with Crippen LogP contribution in [0.1, 0.15) is 49.4 Å². The predicted octanol–water partition coefficient (Wildman–Crippen LogP) is 3.80. The third-order valence-corrected chi connectivity index (χ3v) is 7.51. The van der Waals surface area contributed by atoms with Gasteiger partial charge in [0, 0.05) is 61.7 Å². The second-order valence-electron chi connectivity index (χ2n) is 9.36. The summed E-state index contributed by atoms with van der Waals surface area (Å²) < 4.78 is 1.84. The third-order valence-electron chi connectivity index (χ3n) is 7.19. The first-order valence-corrected chi connectivity index (χ1v) is 12.3. The molecular weight excluding hydrogens is 436 g/mol. The summed E-state index contributed by atoms with van der Waals surface area (Å²) in [5.41, 5.74) is 1.40. The minimum absolute atomic E-state index is 0.0228. The summed E-state index contributed by atoms with van der Waals surface area (Å²) in [6.45, 7) is 5.93. The monoisotopic (exact) mass is 466 g/mol. The summed E-state index contributed by atoms with van der Waals surface area (Å²) >= 11 is 6.57. The molecule has 2 aliphatic rings. The van der Waals surface area contributed by atoms with Gasteiger partial charge in [0.1, 0.15) is 0 Å². The highest BCUT2D eigenvalue weighted by Gasteiger charge is 2.39. The van der Waals surface area contributed by atoms with Crippen molar-refractivity contribution in [2.45, 2.75) is 50.6 Å². The van der Waals surface area contributed by atoms with Crippen molar-refractivity contribution < 1.29 is 4.79 Å². The Hall–Kier alpha value is -2.48. The van der Waals surface area contributed by atoms with E-state index in [0.717, 1.165) is 43.4 Å². The van der Waals surface area contributed by atoms with Crippen LogP contribution < -0.4 is 10.6 Å². The van der Waals surface area contributed by atoms with E-state index >= 15 is 0 Å². The zero-order chi connectivity index (χ0) is 22.8. The molecule has 0 bridgehead atoms. The minimum Gasteiger partial charge on any atom is -0.350 e. The first kappa shape index (κ1) is 22.3. The van der Waals surface area contributed by atoms with Gasteiger partial charge in [0.15, 0.2) is 0 Å². The van der Waals surface area contributed by atoms with Crippen molar-refractivity contribution in [1.29, 1.82) is 0 Å². The Labute approximate surface area is 199 Å². The number of nitrogens with one attached hydrogen (secondary N) is 2. The number of benzene rings is 1. The van der Waals surface area contributed by atoms with Crippen LogP contribution >= 0.6 is 11.6 Å². The van der Waals surface area contributed by atoms with E-state index in [1.165, 1.54) is 19.3 Å². The van der Waals surface area contributed by atoms with Crippen LogP contribution in [-0.4, -0.2) is 63.1 Å². The van der Waals surface area contributed by atoms with E-state index in [9.17, 15) is 4.79 Å². The zero-order valence-corrected chi connectivity index (χ0v) is 19.8. The highest BCUT2D eigenvalue weighted by molar-refractivity contribution is 6.37. The average Bonchev–Trinajstić information content (AvgIpc) is 3.25. The number of carbonyl (C=O) groups excluding carboxylic acids is 1. The minimum atomic E-state index is -0.101. The molecule has 3 heterocycles. The van der Waals surface area contributed by atoms with Gasteiger partial charge in [0.2, 0.25) is 5.95 Å². The van der Waals surface area contributed by atoms with Crippen LogP contribution in [0.25, 0.3) is 16.9 Å². The van der Waals surface area contributed by atoms with Gasteiger partial charge in [0.05, 0.1) is 16.1 Å². The van der Waals surface area contributed by atoms with E-state index in [0.29, 0.717) is 29.1 Å². The molecule has 1 saturated heterocycles. The van der Waals surface area contributed by atoms with Crippen LogP contribution in [0.2, 0.25) is 5.02 Å². The zero-order valence-electron chi connectivity index (χ0n) is 19.1. The summed E-state index contributed by atoms with van der Waals surface area (Å²) in [5.74, 6) is 0.415. The molecule has 1 aliphatic heterocycles. The lowest BCUT2D eigenvalue weighted by atomic mass is 9.79. The topological polar surface area (TPSA) is 75.1 Å². The first-order chi connectivity index (χ1) is 16.1. The fourth-order valence-corrected chi connectivity index (χ4v) is 5.79. The van der Waals surface area contributed by atoms with Gasteiger partial charge in [-0.05, 0) is 38.0 Å². The predicted molar refractivity (Wildman–Crippen MR) is 131 cm³/mol. The van der Waals surface area contributed by atoms with Crippen molar-refractivity contribution >= 4 is 28.4 Å². The van der Waals surface area contributed by atoms with Crippen LogP contribution in [0.4, 0.5) is 0 Å². The summed E-state index contributed by atoms with van der Waals surface area (Å²) in [5, 5.41) is 8.12. The van der Waals surface area contributed by atoms with E-state index in [-0.39, 0.29) is 11.4 Å². The number of amides is 1. The van der Waals surface area contributed by atoms with Crippen molar-refractivity contribution in [3.63, 3.8) is 0 Å². The molecule has 33 heavy (non-hydrogen) atoms. The van der Waals surface area contributed by atoms with Gasteiger partial charge in [0.25, 0.3) is 5.91 Å². The molecule has 5 rings (SSSR count). The molecule has 2 N–H and O–H groups in total. The number of rotatable bonds is 5. The molecule has 0 spiro atoms. The van der Waals surface area contributed by atoms with Crippen LogP contribution in [0, 0.1) is 0 Å². The van der Waals surface area contributed by atoms with Crippen LogP contribution in [0.15, 0.2) is 42.9 Å². The summed E-state index contributed by atoms with van der Waals surface area (Å²) in [6.07, 6.45) is 11.1. The standard InChI is InChI=1S/C25H31ClN6O/c1-18-15-31(14-13-27-18)25(9-3-2-4-10-25)17-30-23(33)19-16-32(24-28-11-6-12-29-24)21-8-5-7-20(26)22(19)21/h5-8,11-12,16,18,27H,2-4,9-10,13-15,17H2,1H3,(H,30,33)/t18-/m1/s1.